The van der Waals surface area contributed by atoms with Gasteiger partial charge >= 0.3 is 0 Å². The maximum atomic E-state index is 6.30. The lowest BCUT2D eigenvalue weighted by atomic mass is 9.89. The van der Waals surface area contributed by atoms with Crippen LogP contribution in [0.4, 0.5) is 0 Å². The Morgan fingerprint density at radius 1 is 0.706 bits per heavy atom. The Morgan fingerprint density at radius 3 is 1.94 bits per heavy atom. The summed E-state index contributed by atoms with van der Waals surface area (Å²) >= 11 is 0. The van der Waals surface area contributed by atoms with Gasteiger partial charge in [-0.2, -0.15) is 0 Å². The minimum Gasteiger partial charge on any atom is -0.493 e. The molecule has 3 aromatic rings. The van der Waals surface area contributed by atoms with E-state index >= 15 is 0 Å². The van der Waals surface area contributed by atoms with E-state index in [0.29, 0.717) is 0 Å². The molecular formula is C30H39NO3. The summed E-state index contributed by atoms with van der Waals surface area (Å²) in [6.45, 7) is 11.3. The van der Waals surface area contributed by atoms with Crippen LogP contribution in [0.25, 0.3) is 0 Å². The first-order chi connectivity index (χ1) is 16.3. The van der Waals surface area contributed by atoms with E-state index in [2.05, 4.69) is 79.5 Å². The summed E-state index contributed by atoms with van der Waals surface area (Å²) in [6, 6.07) is 25.5. The predicted molar refractivity (Wildman–Crippen MR) is 140 cm³/mol. The monoisotopic (exact) mass is 461 g/mol. The van der Waals surface area contributed by atoms with Crippen molar-refractivity contribution in [3.63, 3.8) is 0 Å². The second-order valence-corrected chi connectivity index (χ2v) is 9.36. The average Bonchev–Trinajstić information content (AvgIpc) is 2.82. The van der Waals surface area contributed by atoms with Crippen molar-refractivity contribution < 1.29 is 14.2 Å². The molecule has 0 saturated carbocycles. The molecule has 0 radical (unpaired) electrons. The van der Waals surface area contributed by atoms with E-state index in [4.69, 9.17) is 14.2 Å². The molecule has 0 fully saturated rings. The van der Waals surface area contributed by atoms with Gasteiger partial charge < -0.3 is 14.2 Å². The van der Waals surface area contributed by atoms with Crippen LogP contribution >= 0.6 is 0 Å². The van der Waals surface area contributed by atoms with Crippen molar-refractivity contribution in [2.45, 2.75) is 58.8 Å². The number of nitrogens with zero attached hydrogens (tertiary/aromatic N) is 1. The van der Waals surface area contributed by atoms with Crippen LogP contribution in [0.2, 0.25) is 0 Å². The van der Waals surface area contributed by atoms with Crippen molar-refractivity contribution in [2.75, 3.05) is 20.7 Å². The topological polar surface area (TPSA) is 30.9 Å². The van der Waals surface area contributed by atoms with Gasteiger partial charge in [0.2, 0.25) is 0 Å². The Morgan fingerprint density at radius 2 is 1.35 bits per heavy atom. The largest absolute Gasteiger partial charge is 0.493 e. The minimum atomic E-state index is 0.0403. The van der Waals surface area contributed by atoms with Crippen LogP contribution in [0.3, 0.4) is 0 Å². The molecular weight excluding hydrogens is 422 g/mol. The fraction of sp³-hybridized carbons (Fsp3) is 0.400. The summed E-state index contributed by atoms with van der Waals surface area (Å²) < 4.78 is 17.9. The normalized spacial score (nSPS) is 13.2. The van der Waals surface area contributed by atoms with Gasteiger partial charge in [0.1, 0.15) is 5.75 Å². The van der Waals surface area contributed by atoms with E-state index < -0.39 is 0 Å². The first kappa shape index (κ1) is 25.6. The molecule has 3 rings (SSSR count). The third-order valence-corrected chi connectivity index (χ3v) is 6.03. The van der Waals surface area contributed by atoms with E-state index in [9.17, 15) is 0 Å². The molecule has 0 aliphatic rings. The zero-order valence-corrected chi connectivity index (χ0v) is 21.6. The van der Waals surface area contributed by atoms with Gasteiger partial charge in [-0.3, -0.25) is 4.90 Å². The molecule has 0 aromatic heterocycles. The number of benzene rings is 3. The fourth-order valence-electron chi connectivity index (χ4n) is 4.20. The van der Waals surface area contributed by atoms with Crippen LogP contribution in [-0.2, 0) is 0 Å². The molecule has 0 amide bonds. The molecule has 0 N–H and O–H groups in total. The van der Waals surface area contributed by atoms with Crippen LogP contribution in [-0.4, -0.2) is 37.8 Å². The van der Waals surface area contributed by atoms with Gasteiger partial charge in [0.15, 0.2) is 11.5 Å². The van der Waals surface area contributed by atoms with E-state index in [1.54, 1.807) is 7.11 Å². The summed E-state index contributed by atoms with van der Waals surface area (Å²) in [7, 11) is 3.88. The minimum absolute atomic E-state index is 0.0403. The van der Waals surface area contributed by atoms with Gasteiger partial charge in [-0.25, -0.2) is 0 Å². The van der Waals surface area contributed by atoms with Crippen molar-refractivity contribution in [1.82, 2.24) is 4.90 Å². The molecule has 3 aromatic carbocycles. The fourth-order valence-corrected chi connectivity index (χ4v) is 4.20. The van der Waals surface area contributed by atoms with Crippen LogP contribution < -0.4 is 14.2 Å². The number of ether oxygens (including phenoxy) is 3. The van der Waals surface area contributed by atoms with E-state index in [0.717, 1.165) is 29.4 Å². The number of likely N-dealkylation sites (N-methyl/N-ethyl adjacent to an activating group) is 1. The quantitative estimate of drug-likeness (QED) is 0.305. The van der Waals surface area contributed by atoms with Gasteiger partial charge in [-0.15, -0.1) is 0 Å². The van der Waals surface area contributed by atoms with Gasteiger partial charge in [0.25, 0.3) is 0 Å². The zero-order valence-electron chi connectivity index (χ0n) is 21.6. The van der Waals surface area contributed by atoms with Crippen molar-refractivity contribution in [3.8, 4) is 17.2 Å². The Balaban J connectivity index is 2.02. The molecule has 4 heteroatoms. The maximum Gasteiger partial charge on any atom is 0.165 e. The molecule has 2 atom stereocenters. The number of rotatable bonds is 11. The molecule has 0 saturated heterocycles. The van der Waals surface area contributed by atoms with Crippen LogP contribution in [0.15, 0.2) is 72.8 Å². The molecule has 34 heavy (non-hydrogen) atoms. The third kappa shape index (κ3) is 6.54. The van der Waals surface area contributed by atoms with Crippen molar-refractivity contribution in [2.24, 2.45) is 0 Å². The Kier molecular flexibility index (Phi) is 9.00. The second-order valence-electron chi connectivity index (χ2n) is 9.36. The molecule has 0 unspecified atom stereocenters. The van der Waals surface area contributed by atoms with E-state index in [1.807, 2.05) is 39.8 Å². The zero-order chi connectivity index (χ0) is 24.7. The first-order valence-electron chi connectivity index (χ1n) is 12.2. The highest BCUT2D eigenvalue weighted by molar-refractivity contribution is 5.52. The lowest BCUT2D eigenvalue weighted by Crippen LogP contribution is -2.28. The van der Waals surface area contributed by atoms with E-state index in [1.165, 1.54) is 11.1 Å². The molecule has 0 heterocycles. The standard InChI is InChI=1S/C30H39NO3/c1-21(2)33-26-18-16-25(17-19-26)28(20-31(6)23(5)24-12-9-8-10-13-24)27-14-11-15-29(32-7)30(27)34-22(3)4/h8-19,21-23,28H,20H2,1-7H3/t23-,28-/m1/s1. The lowest BCUT2D eigenvalue weighted by Gasteiger charge is -2.31. The summed E-state index contributed by atoms with van der Waals surface area (Å²) in [5.41, 5.74) is 3.64. The molecule has 182 valence electrons. The summed E-state index contributed by atoms with van der Waals surface area (Å²) in [6.07, 6.45) is 0.183. The summed E-state index contributed by atoms with van der Waals surface area (Å²) in [5, 5.41) is 0. The Bertz CT molecular complexity index is 1010. The Labute approximate surface area is 205 Å². The van der Waals surface area contributed by atoms with Crippen molar-refractivity contribution in [1.29, 1.82) is 0 Å². The Hall–Kier alpha value is -2.98. The van der Waals surface area contributed by atoms with Gasteiger partial charge in [-0.05, 0) is 71.0 Å². The van der Waals surface area contributed by atoms with E-state index in [-0.39, 0.29) is 24.2 Å². The molecule has 0 aliphatic heterocycles. The smallest absolute Gasteiger partial charge is 0.165 e. The number of hydrogen-bond donors (Lipinski definition) is 0. The van der Waals surface area contributed by atoms with Crippen LogP contribution in [0.1, 0.15) is 63.3 Å². The number of hydrogen-bond acceptors (Lipinski definition) is 4. The highest BCUT2D eigenvalue weighted by Gasteiger charge is 2.25. The third-order valence-electron chi connectivity index (χ3n) is 6.03. The second kappa shape index (κ2) is 11.9. The van der Waals surface area contributed by atoms with Gasteiger partial charge in [0.05, 0.1) is 19.3 Å². The predicted octanol–water partition coefficient (Wildman–Crippen LogP) is 7.09. The van der Waals surface area contributed by atoms with Crippen LogP contribution in [0, 0.1) is 0 Å². The number of methoxy groups -OCH3 is 1. The molecule has 0 aliphatic carbocycles. The maximum absolute atomic E-state index is 6.30. The molecule has 4 nitrogen and oxygen atoms in total. The number of para-hydroxylation sites is 1. The summed E-state index contributed by atoms with van der Waals surface area (Å²) in [5.74, 6) is 2.55. The van der Waals surface area contributed by atoms with Crippen molar-refractivity contribution in [3.05, 3.63) is 89.5 Å². The SMILES string of the molecule is COc1cccc([C@H](CN(C)[C@H](C)c2ccccc2)c2ccc(OC(C)C)cc2)c1OC(C)C. The van der Waals surface area contributed by atoms with Gasteiger partial charge in [-0.1, -0.05) is 54.6 Å². The van der Waals surface area contributed by atoms with Crippen LogP contribution in [0.5, 0.6) is 17.2 Å². The average molecular weight is 462 g/mol. The summed E-state index contributed by atoms with van der Waals surface area (Å²) in [4.78, 5) is 2.40. The first-order valence-corrected chi connectivity index (χ1v) is 12.2. The van der Waals surface area contributed by atoms with Crippen molar-refractivity contribution >= 4 is 0 Å². The lowest BCUT2D eigenvalue weighted by molar-refractivity contribution is 0.221. The molecule has 0 spiro atoms. The highest BCUT2D eigenvalue weighted by Crippen LogP contribution is 2.40. The van der Waals surface area contributed by atoms with Gasteiger partial charge in [0, 0.05) is 24.1 Å². The highest BCUT2D eigenvalue weighted by atomic mass is 16.5. The molecule has 0 bridgehead atoms.